The summed E-state index contributed by atoms with van der Waals surface area (Å²) in [4.78, 5) is 22.5. The largest absolute Gasteiger partial charge is 0.471 e. The van der Waals surface area contributed by atoms with Crippen LogP contribution in [0.4, 0.5) is 24.5 Å². The Morgan fingerprint density at radius 2 is 1.78 bits per heavy atom. The third kappa shape index (κ3) is 4.42. The Balaban J connectivity index is 3.43. The molecule has 1 rings (SSSR count). The van der Waals surface area contributed by atoms with Crippen molar-refractivity contribution in [3.8, 4) is 0 Å². The summed E-state index contributed by atoms with van der Waals surface area (Å²) in [5.74, 6) is -2.80. The monoisotopic (exact) mass is 353 g/mol. The number of sulfonamides is 1. The molecule has 0 saturated heterocycles. The van der Waals surface area contributed by atoms with E-state index >= 15 is 0 Å². The first-order chi connectivity index (χ1) is 10.4. The van der Waals surface area contributed by atoms with Gasteiger partial charge in [0, 0.05) is 14.0 Å². The number of nitrogens with one attached hydrogen (secondary N) is 2. The van der Waals surface area contributed by atoms with Crippen LogP contribution in [0.1, 0.15) is 6.92 Å². The molecule has 11 heteroatoms. The fraction of sp³-hybridized carbons (Fsp3) is 0.333. The molecular weight excluding hydrogens is 339 g/mol. The number of alkyl halides is 3. The van der Waals surface area contributed by atoms with Gasteiger partial charge in [-0.3, -0.25) is 9.59 Å². The second-order valence-corrected chi connectivity index (χ2v) is 6.32. The van der Waals surface area contributed by atoms with E-state index in [1.807, 2.05) is 4.72 Å². The van der Waals surface area contributed by atoms with Gasteiger partial charge in [0.05, 0.1) is 16.3 Å². The Labute approximate surface area is 130 Å². The van der Waals surface area contributed by atoms with Crippen LogP contribution in [0.25, 0.3) is 0 Å². The van der Waals surface area contributed by atoms with Crippen molar-refractivity contribution < 1.29 is 31.2 Å². The number of carbonyl (C=O) groups is 2. The molecule has 0 aliphatic carbocycles. The van der Waals surface area contributed by atoms with Gasteiger partial charge in [-0.25, -0.2) is 13.1 Å². The van der Waals surface area contributed by atoms with E-state index in [0.717, 1.165) is 39.2 Å². The number of nitrogens with zero attached hydrogens (tertiary/aromatic N) is 1. The van der Waals surface area contributed by atoms with Crippen LogP contribution in [-0.4, -0.2) is 40.5 Å². The van der Waals surface area contributed by atoms with Crippen molar-refractivity contribution in [3.63, 3.8) is 0 Å². The minimum absolute atomic E-state index is 0.242. The number of anilines is 2. The van der Waals surface area contributed by atoms with Gasteiger partial charge in [0.15, 0.2) is 0 Å². The van der Waals surface area contributed by atoms with Crippen LogP contribution < -0.4 is 14.9 Å². The second kappa shape index (κ2) is 6.54. The van der Waals surface area contributed by atoms with E-state index in [2.05, 4.69) is 5.32 Å². The molecule has 2 N–H and O–H groups in total. The highest BCUT2D eigenvalue weighted by Crippen LogP contribution is 2.31. The highest BCUT2D eigenvalue weighted by molar-refractivity contribution is 7.89. The van der Waals surface area contributed by atoms with Crippen LogP contribution in [0.2, 0.25) is 0 Å². The first kappa shape index (κ1) is 18.9. The van der Waals surface area contributed by atoms with Gasteiger partial charge >= 0.3 is 12.1 Å². The summed E-state index contributed by atoms with van der Waals surface area (Å²) in [7, 11) is -1.86. The predicted octanol–water partition coefficient (Wildman–Crippen LogP) is 1.08. The fourth-order valence-corrected chi connectivity index (χ4v) is 2.44. The summed E-state index contributed by atoms with van der Waals surface area (Å²) in [5.41, 5.74) is -0.536. The van der Waals surface area contributed by atoms with Crippen LogP contribution in [0.3, 0.4) is 0 Å². The highest BCUT2D eigenvalue weighted by atomic mass is 32.2. The molecule has 0 bridgehead atoms. The van der Waals surface area contributed by atoms with Gasteiger partial charge in [-0.2, -0.15) is 13.2 Å². The molecule has 0 aromatic heterocycles. The number of hydrogen-bond acceptors (Lipinski definition) is 4. The minimum atomic E-state index is -5.11. The molecular formula is C12H14F3N3O4S. The number of rotatable bonds is 4. The average Bonchev–Trinajstić information content (AvgIpc) is 2.44. The minimum Gasteiger partial charge on any atom is -0.324 e. The van der Waals surface area contributed by atoms with Gasteiger partial charge in [0.2, 0.25) is 15.9 Å². The highest BCUT2D eigenvalue weighted by Gasteiger charge is 2.42. The summed E-state index contributed by atoms with van der Waals surface area (Å²) in [6.45, 7) is 1.09. The second-order valence-electron chi connectivity index (χ2n) is 4.43. The zero-order valence-electron chi connectivity index (χ0n) is 12.4. The van der Waals surface area contributed by atoms with Gasteiger partial charge < -0.3 is 10.2 Å². The van der Waals surface area contributed by atoms with E-state index in [1.165, 1.54) is 0 Å². The maximum absolute atomic E-state index is 12.5. The van der Waals surface area contributed by atoms with Crippen LogP contribution in [0.5, 0.6) is 0 Å². The fourth-order valence-electron chi connectivity index (χ4n) is 1.68. The molecule has 0 atom stereocenters. The van der Waals surface area contributed by atoms with Crippen LogP contribution in [-0.2, 0) is 19.6 Å². The molecule has 0 fully saturated rings. The summed E-state index contributed by atoms with van der Waals surface area (Å²) in [6, 6.07) is 2.98. The maximum atomic E-state index is 12.5. The summed E-state index contributed by atoms with van der Waals surface area (Å²) >= 11 is 0. The van der Waals surface area contributed by atoms with Crippen molar-refractivity contribution in [3.05, 3.63) is 18.2 Å². The number of halogens is 3. The zero-order valence-corrected chi connectivity index (χ0v) is 13.2. The Morgan fingerprint density at radius 1 is 1.22 bits per heavy atom. The van der Waals surface area contributed by atoms with E-state index in [0.29, 0.717) is 0 Å². The standard InChI is InChI=1S/C12H14F3N3O4S/c1-7(19)17-9-6-8(23(21,22)16-2)4-5-10(9)18(3)11(20)12(13,14)15/h4-6,16H,1-3H3,(H,17,19). The lowest BCUT2D eigenvalue weighted by molar-refractivity contribution is -0.170. The molecule has 1 aromatic rings. The lowest BCUT2D eigenvalue weighted by Gasteiger charge is -2.22. The molecule has 7 nitrogen and oxygen atoms in total. The number of hydrogen-bond donors (Lipinski definition) is 2. The molecule has 0 unspecified atom stereocenters. The zero-order chi connectivity index (χ0) is 18.0. The number of benzene rings is 1. The molecule has 128 valence electrons. The molecule has 0 radical (unpaired) electrons. The van der Waals surface area contributed by atoms with Crippen LogP contribution in [0.15, 0.2) is 23.1 Å². The SMILES string of the molecule is CNS(=O)(=O)c1ccc(N(C)C(=O)C(F)(F)F)c(NC(C)=O)c1. The third-order valence-electron chi connectivity index (χ3n) is 2.77. The molecule has 0 heterocycles. The van der Waals surface area contributed by atoms with Crippen molar-refractivity contribution in [2.45, 2.75) is 18.0 Å². The maximum Gasteiger partial charge on any atom is 0.471 e. The molecule has 0 spiro atoms. The van der Waals surface area contributed by atoms with E-state index in [1.54, 1.807) is 0 Å². The average molecular weight is 353 g/mol. The van der Waals surface area contributed by atoms with Crippen LogP contribution in [0, 0.1) is 0 Å². The Morgan fingerprint density at radius 3 is 2.22 bits per heavy atom. The van der Waals surface area contributed by atoms with Gasteiger partial charge in [0.25, 0.3) is 0 Å². The molecule has 0 aliphatic rings. The molecule has 1 aromatic carbocycles. The smallest absolute Gasteiger partial charge is 0.324 e. The molecule has 0 aliphatic heterocycles. The lowest BCUT2D eigenvalue weighted by atomic mass is 10.2. The van der Waals surface area contributed by atoms with Crippen molar-refractivity contribution in [2.75, 3.05) is 24.3 Å². The van der Waals surface area contributed by atoms with Crippen LogP contribution >= 0.6 is 0 Å². The Hall–Kier alpha value is -2.14. The summed E-state index contributed by atoms with van der Waals surface area (Å²) < 4.78 is 63.0. The van der Waals surface area contributed by atoms with Crippen molar-refractivity contribution in [2.24, 2.45) is 0 Å². The number of carbonyl (C=O) groups excluding carboxylic acids is 2. The summed E-state index contributed by atoms with van der Waals surface area (Å²) in [5, 5.41) is 2.20. The van der Waals surface area contributed by atoms with Crippen molar-refractivity contribution >= 4 is 33.2 Å². The lowest BCUT2D eigenvalue weighted by Crippen LogP contribution is -2.39. The molecule has 0 saturated carbocycles. The van der Waals surface area contributed by atoms with Gasteiger partial charge in [-0.15, -0.1) is 0 Å². The first-order valence-corrected chi connectivity index (χ1v) is 7.58. The predicted molar refractivity (Wildman–Crippen MR) is 76.5 cm³/mol. The van der Waals surface area contributed by atoms with Crippen molar-refractivity contribution in [1.82, 2.24) is 4.72 Å². The van der Waals surface area contributed by atoms with E-state index in [4.69, 9.17) is 0 Å². The van der Waals surface area contributed by atoms with Gasteiger partial charge in [-0.1, -0.05) is 0 Å². The van der Waals surface area contributed by atoms with E-state index in [-0.39, 0.29) is 21.2 Å². The third-order valence-corrected chi connectivity index (χ3v) is 4.18. The van der Waals surface area contributed by atoms with E-state index in [9.17, 15) is 31.2 Å². The van der Waals surface area contributed by atoms with Crippen molar-refractivity contribution in [1.29, 1.82) is 0 Å². The van der Waals surface area contributed by atoms with Gasteiger partial charge in [-0.05, 0) is 25.2 Å². The Bertz CT molecular complexity index is 732. The normalized spacial score (nSPS) is 11.9. The van der Waals surface area contributed by atoms with E-state index < -0.39 is 28.0 Å². The number of amides is 2. The quantitative estimate of drug-likeness (QED) is 0.847. The Kier molecular flexibility index (Phi) is 5.38. The van der Waals surface area contributed by atoms with Gasteiger partial charge in [0.1, 0.15) is 0 Å². The molecule has 23 heavy (non-hydrogen) atoms. The topological polar surface area (TPSA) is 95.6 Å². The summed E-state index contributed by atoms with van der Waals surface area (Å²) in [6.07, 6.45) is -5.11. The molecule has 2 amide bonds. The first-order valence-electron chi connectivity index (χ1n) is 6.10.